The van der Waals surface area contributed by atoms with Gasteiger partial charge in [0.1, 0.15) is 12.1 Å². The average molecular weight is 477 g/mol. The predicted octanol–water partition coefficient (Wildman–Crippen LogP) is 4.41. The van der Waals surface area contributed by atoms with Gasteiger partial charge >= 0.3 is 12.1 Å². The monoisotopic (exact) mass is 476 g/mol. The van der Waals surface area contributed by atoms with Crippen LogP contribution in [0.4, 0.5) is 4.79 Å². The number of fused-ring (bicyclic) bond motifs is 4. The van der Waals surface area contributed by atoms with Gasteiger partial charge in [-0.15, -0.1) is 0 Å². The lowest BCUT2D eigenvalue weighted by atomic mass is 9.96. The van der Waals surface area contributed by atoms with Crippen molar-refractivity contribution >= 4 is 18.0 Å². The molecule has 1 heterocycles. The third-order valence-electron chi connectivity index (χ3n) is 7.95. The largest absolute Gasteiger partial charge is 0.479 e. The van der Waals surface area contributed by atoms with Crippen molar-refractivity contribution in [1.82, 2.24) is 10.2 Å². The molecular formula is C28H32N2O5. The zero-order chi connectivity index (χ0) is 24.6. The molecule has 5 rings (SSSR count). The molecular weight excluding hydrogens is 444 g/mol. The molecule has 1 saturated carbocycles. The Balaban J connectivity index is 1.21. The summed E-state index contributed by atoms with van der Waals surface area (Å²) in [4.78, 5) is 39.5. The van der Waals surface area contributed by atoms with Crippen LogP contribution >= 0.6 is 0 Å². The van der Waals surface area contributed by atoms with Crippen LogP contribution in [0.1, 0.15) is 56.1 Å². The number of carboxylic acid groups (broad SMARTS) is 1. The second-order valence-corrected chi connectivity index (χ2v) is 9.95. The van der Waals surface area contributed by atoms with E-state index >= 15 is 0 Å². The third-order valence-corrected chi connectivity index (χ3v) is 7.95. The number of carboxylic acids is 1. The summed E-state index contributed by atoms with van der Waals surface area (Å²) < 4.78 is 5.61. The maximum Gasteiger partial charge on any atom is 0.407 e. The Morgan fingerprint density at radius 2 is 1.77 bits per heavy atom. The van der Waals surface area contributed by atoms with E-state index in [1.54, 1.807) is 4.90 Å². The second kappa shape index (κ2) is 9.36. The summed E-state index contributed by atoms with van der Waals surface area (Å²) in [6, 6.07) is 16.3. The summed E-state index contributed by atoms with van der Waals surface area (Å²) in [5, 5.41) is 12.6. The lowest BCUT2D eigenvalue weighted by molar-refractivity contribution is -0.156. The van der Waals surface area contributed by atoms with Crippen LogP contribution in [0.3, 0.4) is 0 Å². The number of carbonyl (C=O) groups excluding carboxylic acids is 2. The molecule has 2 N–H and O–H groups in total. The lowest BCUT2D eigenvalue weighted by Gasteiger charge is -2.36. The number of aliphatic carboxylic acids is 1. The number of rotatable bonds is 8. The molecule has 35 heavy (non-hydrogen) atoms. The molecule has 3 atom stereocenters. The van der Waals surface area contributed by atoms with E-state index in [1.165, 1.54) is 0 Å². The molecule has 0 spiro atoms. The predicted molar refractivity (Wildman–Crippen MR) is 131 cm³/mol. The first-order valence-electron chi connectivity index (χ1n) is 12.6. The number of alkyl carbamates (subject to hydrolysis) is 1. The van der Waals surface area contributed by atoms with E-state index in [-0.39, 0.29) is 30.9 Å². The second-order valence-electron chi connectivity index (χ2n) is 9.95. The van der Waals surface area contributed by atoms with Crippen molar-refractivity contribution in [2.45, 2.75) is 50.5 Å². The molecule has 0 radical (unpaired) electrons. The van der Waals surface area contributed by atoms with Crippen LogP contribution in [0, 0.1) is 11.8 Å². The highest BCUT2D eigenvalue weighted by Crippen LogP contribution is 2.54. The van der Waals surface area contributed by atoms with Gasteiger partial charge in [0.15, 0.2) is 0 Å². The molecule has 2 aromatic carbocycles. The van der Waals surface area contributed by atoms with E-state index in [0.717, 1.165) is 41.5 Å². The summed E-state index contributed by atoms with van der Waals surface area (Å²) in [5.74, 6) is -1.52. The number of carbonyl (C=O) groups is 3. The normalized spacial score (nSPS) is 23.0. The van der Waals surface area contributed by atoms with Gasteiger partial charge in [0.05, 0.1) is 5.92 Å². The lowest BCUT2D eigenvalue weighted by Crippen LogP contribution is -2.54. The van der Waals surface area contributed by atoms with Crippen molar-refractivity contribution in [1.29, 1.82) is 0 Å². The molecule has 7 heteroatoms. The number of piperidine rings is 1. The number of nitrogens with one attached hydrogen (secondary N) is 1. The minimum atomic E-state index is -1.04. The minimum absolute atomic E-state index is 0.0307. The quantitative estimate of drug-likeness (QED) is 0.589. The molecule has 1 saturated heterocycles. The summed E-state index contributed by atoms with van der Waals surface area (Å²) >= 11 is 0. The molecule has 1 unspecified atom stereocenters. The Hall–Kier alpha value is -3.35. The highest BCUT2D eigenvalue weighted by Gasteiger charge is 2.67. The molecule has 3 aliphatic rings. The van der Waals surface area contributed by atoms with Gasteiger partial charge in [0.25, 0.3) is 0 Å². The van der Waals surface area contributed by atoms with Crippen molar-refractivity contribution in [2.75, 3.05) is 19.7 Å². The van der Waals surface area contributed by atoms with Crippen molar-refractivity contribution in [3.63, 3.8) is 0 Å². The molecule has 2 aliphatic carbocycles. The van der Waals surface area contributed by atoms with Crippen LogP contribution in [0.25, 0.3) is 11.1 Å². The van der Waals surface area contributed by atoms with Crippen molar-refractivity contribution in [2.24, 2.45) is 11.8 Å². The SMILES string of the molecule is CCCC(CNC(=O)OCC1c2ccccc2-c2ccccc21)C(=O)N1CCC[C@H]2C[C@]21C(=O)O. The van der Waals surface area contributed by atoms with Crippen LogP contribution in [0.15, 0.2) is 48.5 Å². The van der Waals surface area contributed by atoms with Gasteiger partial charge in [-0.1, -0.05) is 61.9 Å². The van der Waals surface area contributed by atoms with Gasteiger partial charge < -0.3 is 20.1 Å². The van der Waals surface area contributed by atoms with E-state index in [1.807, 2.05) is 31.2 Å². The van der Waals surface area contributed by atoms with Crippen LogP contribution < -0.4 is 5.32 Å². The fourth-order valence-electron chi connectivity index (χ4n) is 6.11. The Morgan fingerprint density at radius 1 is 1.11 bits per heavy atom. The molecule has 2 aromatic rings. The number of likely N-dealkylation sites (tertiary alicyclic amines) is 1. The van der Waals surface area contributed by atoms with Crippen LogP contribution in [-0.2, 0) is 14.3 Å². The van der Waals surface area contributed by atoms with E-state index < -0.39 is 23.5 Å². The van der Waals surface area contributed by atoms with Gasteiger partial charge in [-0.2, -0.15) is 0 Å². The smallest absolute Gasteiger partial charge is 0.407 e. The number of hydrogen-bond acceptors (Lipinski definition) is 4. The standard InChI is InChI=1S/C28H32N2O5/c1-2-8-18(25(31)30-14-7-9-19-15-28(19,30)26(32)33)16-29-27(34)35-17-24-22-12-5-3-10-20(22)21-11-4-6-13-23(21)24/h3-6,10-13,18-19,24H,2,7-9,14-17H2,1H3,(H,29,34)(H,32,33)/t18?,19-,28+/m0/s1. The molecule has 184 valence electrons. The van der Waals surface area contributed by atoms with Crippen LogP contribution in [0.5, 0.6) is 0 Å². The first-order valence-corrected chi connectivity index (χ1v) is 12.6. The molecule has 2 amide bonds. The van der Waals surface area contributed by atoms with Gasteiger partial charge in [-0.25, -0.2) is 9.59 Å². The third kappa shape index (κ3) is 4.07. The molecule has 0 aromatic heterocycles. The fourth-order valence-corrected chi connectivity index (χ4v) is 6.11. The van der Waals surface area contributed by atoms with Gasteiger partial charge in [0.2, 0.25) is 5.91 Å². The number of hydrogen-bond donors (Lipinski definition) is 2. The molecule has 7 nitrogen and oxygen atoms in total. The fraction of sp³-hybridized carbons (Fsp3) is 0.464. The number of amides is 2. The van der Waals surface area contributed by atoms with Crippen molar-refractivity contribution < 1.29 is 24.2 Å². The van der Waals surface area contributed by atoms with E-state index in [0.29, 0.717) is 19.4 Å². The first-order chi connectivity index (χ1) is 17.0. The average Bonchev–Trinajstić information content (AvgIpc) is 3.56. The molecule has 0 bridgehead atoms. The summed E-state index contributed by atoms with van der Waals surface area (Å²) in [6.45, 7) is 2.80. The summed E-state index contributed by atoms with van der Waals surface area (Å²) in [5.41, 5.74) is 3.58. The van der Waals surface area contributed by atoms with Gasteiger partial charge in [0, 0.05) is 19.0 Å². The van der Waals surface area contributed by atoms with Gasteiger partial charge in [-0.3, -0.25) is 4.79 Å². The molecule has 1 aliphatic heterocycles. The van der Waals surface area contributed by atoms with E-state index in [9.17, 15) is 19.5 Å². The number of nitrogens with zero attached hydrogens (tertiary/aromatic N) is 1. The summed E-state index contributed by atoms with van der Waals surface area (Å²) in [6.07, 6.45) is 3.00. The maximum atomic E-state index is 13.4. The molecule has 2 fully saturated rings. The maximum absolute atomic E-state index is 13.4. The Bertz CT molecular complexity index is 1100. The summed E-state index contributed by atoms with van der Waals surface area (Å²) in [7, 11) is 0. The Morgan fingerprint density at radius 3 is 2.40 bits per heavy atom. The number of ether oxygens (including phenoxy) is 1. The van der Waals surface area contributed by atoms with Crippen molar-refractivity contribution in [3.05, 3.63) is 59.7 Å². The van der Waals surface area contributed by atoms with Crippen LogP contribution in [-0.4, -0.2) is 53.2 Å². The zero-order valence-electron chi connectivity index (χ0n) is 20.0. The van der Waals surface area contributed by atoms with E-state index in [4.69, 9.17) is 4.74 Å². The van der Waals surface area contributed by atoms with Crippen molar-refractivity contribution in [3.8, 4) is 11.1 Å². The number of benzene rings is 2. The van der Waals surface area contributed by atoms with Gasteiger partial charge in [-0.05, 0) is 53.9 Å². The highest BCUT2D eigenvalue weighted by molar-refractivity contribution is 5.91. The Labute approximate surface area is 205 Å². The van der Waals surface area contributed by atoms with E-state index in [2.05, 4.69) is 29.6 Å². The first kappa shape index (κ1) is 23.4. The highest BCUT2D eigenvalue weighted by atomic mass is 16.5. The van der Waals surface area contributed by atoms with Crippen LogP contribution in [0.2, 0.25) is 0 Å². The zero-order valence-corrected chi connectivity index (χ0v) is 20.0. The topological polar surface area (TPSA) is 95.9 Å². The minimum Gasteiger partial charge on any atom is -0.479 e. The Kier molecular flexibility index (Phi) is 6.26.